The number of aryl methyl sites for hydroxylation is 1. The summed E-state index contributed by atoms with van der Waals surface area (Å²) in [6.07, 6.45) is 0.851. The predicted molar refractivity (Wildman–Crippen MR) is 137 cm³/mol. The van der Waals surface area contributed by atoms with Gasteiger partial charge in [-0.05, 0) is 61.4 Å². The third-order valence-corrected chi connectivity index (χ3v) is 6.43. The van der Waals surface area contributed by atoms with Crippen LogP contribution in [0.15, 0.2) is 76.7 Å². The van der Waals surface area contributed by atoms with E-state index in [1.54, 1.807) is 29.9 Å². The van der Waals surface area contributed by atoms with E-state index in [4.69, 9.17) is 9.72 Å². The summed E-state index contributed by atoms with van der Waals surface area (Å²) in [7, 11) is 1.61. The Morgan fingerprint density at radius 2 is 1.88 bits per heavy atom. The lowest BCUT2D eigenvalue weighted by molar-refractivity contribution is 0.0954. The number of thioether (sulfide) groups is 1. The molecule has 0 saturated carbocycles. The standard InChI is InChI=1S/C27H27N3O3S/c1-4-14-28-25(31)20-8-13-23-24(16-20)29-27(34-17-19-7-5-6-18(2)15-19)30(26(23)32)21-9-11-22(33-3)12-10-21/h5-13,15-16H,4,14,17H2,1-3H3,(H,28,31). The van der Waals surface area contributed by atoms with Crippen LogP contribution in [-0.4, -0.2) is 29.1 Å². The average Bonchev–Trinajstić information content (AvgIpc) is 2.86. The van der Waals surface area contributed by atoms with E-state index in [2.05, 4.69) is 30.4 Å². The van der Waals surface area contributed by atoms with E-state index < -0.39 is 0 Å². The molecule has 1 N–H and O–H groups in total. The van der Waals surface area contributed by atoms with Gasteiger partial charge in [0.2, 0.25) is 0 Å². The van der Waals surface area contributed by atoms with Crippen LogP contribution in [0.4, 0.5) is 0 Å². The molecular formula is C27H27N3O3S. The van der Waals surface area contributed by atoms with Crippen LogP contribution >= 0.6 is 11.8 Å². The van der Waals surface area contributed by atoms with Gasteiger partial charge >= 0.3 is 0 Å². The molecule has 0 aliphatic heterocycles. The number of carbonyl (C=O) groups is 1. The summed E-state index contributed by atoms with van der Waals surface area (Å²) in [6, 6.07) is 20.6. The van der Waals surface area contributed by atoms with Gasteiger partial charge in [-0.2, -0.15) is 0 Å². The maximum atomic E-state index is 13.6. The van der Waals surface area contributed by atoms with Crippen LogP contribution in [0.1, 0.15) is 34.8 Å². The zero-order valence-electron chi connectivity index (χ0n) is 19.5. The first-order chi connectivity index (χ1) is 16.5. The van der Waals surface area contributed by atoms with E-state index in [1.807, 2.05) is 37.3 Å². The molecule has 1 heterocycles. The number of hydrogen-bond donors (Lipinski definition) is 1. The Morgan fingerprint density at radius 3 is 2.59 bits per heavy atom. The number of benzene rings is 3. The molecule has 0 radical (unpaired) electrons. The largest absolute Gasteiger partial charge is 0.497 e. The lowest BCUT2D eigenvalue weighted by atomic mass is 10.1. The van der Waals surface area contributed by atoms with Crippen LogP contribution in [0.3, 0.4) is 0 Å². The lowest BCUT2D eigenvalue weighted by Gasteiger charge is -2.14. The molecule has 0 atom stereocenters. The van der Waals surface area contributed by atoms with Crippen LogP contribution in [0, 0.1) is 6.92 Å². The Hall–Kier alpha value is -3.58. The molecule has 34 heavy (non-hydrogen) atoms. The van der Waals surface area contributed by atoms with Crippen LogP contribution in [0.25, 0.3) is 16.6 Å². The fourth-order valence-electron chi connectivity index (χ4n) is 3.65. The Morgan fingerprint density at radius 1 is 1.09 bits per heavy atom. The van der Waals surface area contributed by atoms with E-state index >= 15 is 0 Å². The monoisotopic (exact) mass is 473 g/mol. The summed E-state index contributed by atoms with van der Waals surface area (Å²) in [6.45, 7) is 4.66. The molecule has 0 fully saturated rings. The van der Waals surface area contributed by atoms with Crippen molar-refractivity contribution >= 4 is 28.6 Å². The first kappa shape index (κ1) is 23.6. The van der Waals surface area contributed by atoms with Crippen LogP contribution in [0.5, 0.6) is 5.75 Å². The molecule has 0 spiro atoms. The second kappa shape index (κ2) is 10.6. The fraction of sp³-hybridized carbons (Fsp3) is 0.222. The Kier molecular flexibility index (Phi) is 7.33. The molecule has 1 amide bonds. The van der Waals surface area contributed by atoms with E-state index in [0.717, 1.165) is 12.0 Å². The lowest BCUT2D eigenvalue weighted by Crippen LogP contribution is -2.25. The minimum absolute atomic E-state index is 0.168. The van der Waals surface area contributed by atoms with E-state index in [0.29, 0.717) is 45.4 Å². The predicted octanol–water partition coefficient (Wildman–Crippen LogP) is 5.13. The molecule has 7 heteroatoms. The molecule has 0 saturated heterocycles. The molecule has 4 aromatic rings. The SMILES string of the molecule is CCCNC(=O)c1ccc2c(=O)n(-c3ccc(OC)cc3)c(SCc3cccc(C)c3)nc2c1. The molecule has 174 valence electrons. The third kappa shape index (κ3) is 5.15. The normalized spacial score (nSPS) is 10.9. The maximum Gasteiger partial charge on any atom is 0.266 e. The number of ether oxygens (including phenoxy) is 1. The summed E-state index contributed by atoms with van der Waals surface area (Å²) >= 11 is 1.49. The van der Waals surface area contributed by atoms with Gasteiger partial charge in [0.15, 0.2) is 5.16 Å². The van der Waals surface area contributed by atoms with Crippen LogP contribution in [0.2, 0.25) is 0 Å². The minimum Gasteiger partial charge on any atom is -0.497 e. The highest BCUT2D eigenvalue weighted by Crippen LogP contribution is 2.26. The van der Waals surface area contributed by atoms with Gasteiger partial charge in [0.25, 0.3) is 11.5 Å². The van der Waals surface area contributed by atoms with Crippen molar-refractivity contribution in [3.63, 3.8) is 0 Å². The second-order valence-electron chi connectivity index (χ2n) is 8.00. The van der Waals surface area contributed by atoms with Crippen molar-refractivity contribution in [2.75, 3.05) is 13.7 Å². The molecule has 0 aliphatic rings. The highest BCUT2D eigenvalue weighted by molar-refractivity contribution is 7.98. The van der Waals surface area contributed by atoms with E-state index in [1.165, 1.54) is 17.3 Å². The molecule has 0 aliphatic carbocycles. The Bertz CT molecular complexity index is 1380. The van der Waals surface area contributed by atoms with Gasteiger partial charge in [0, 0.05) is 17.9 Å². The van der Waals surface area contributed by atoms with Crippen molar-refractivity contribution in [2.45, 2.75) is 31.2 Å². The molecule has 6 nitrogen and oxygen atoms in total. The average molecular weight is 474 g/mol. The number of carbonyl (C=O) groups excluding carboxylic acids is 1. The molecular weight excluding hydrogens is 446 g/mol. The summed E-state index contributed by atoms with van der Waals surface area (Å²) in [4.78, 5) is 30.9. The second-order valence-corrected chi connectivity index (χ2v) is 8.94. The molecule has 3 aromatic carbocycles. The number of methoxy groups -OCH3 is 1. The van der Waals surface area contributed by atoms with Crippen molar-refractivity contribution < 1.29 is 9.53 Å². The van der Waals surface area contributed by atoms with Gasteiger partial charge in [-0.15, -0.1) is 0 Å². The highest BCUT2D eigenvalue weighted by atomic mass is 32.2. The van der Waals surface area contributed by atoms with Gasteiger partial charge in [0.05, 0.1) is 23.7 Å². The third-order valence-electron chi connectivity index (χ3n) is 5.42. The molecule has 0 bridgehead atoms. The first-order valence-corrected chi connectivity index (χ1v) is 12.2. The van der Waals surface area contributed by atoms with Gasteiger partial charge in [-0.3, -0.25) is 14.2 Å². The van der Waals surface area contributed by atoms with Gasteiger partial charge in [-0.1, -0.05) is 48.5 Å². The maximum absolute atomic E-state index is 13.6. The molecule has 0 unspecified atom stereocenters. The van der Waals surface area contributed by atoms with Crippen LogP contribution in [-0.2, 0) is 5.75 Å². The van der Waals surface area contributed by atoms with E-state index in [-0.39, 0.29) is 11.5 Å². The van der Waals surface area contributed by atoms with Crippen molar-refractivity contribution in [2.24, 2.45) is 0 Å². The fourth-order valence-corrected chi connectivity index (χ4v) is 4.61. The number of amides is 1. The zero-order valence-corrected chi connectivity index (χ0v) is 20.3. The Labute approximate surface area is 203 Å². The summed E-state index contributed by atoms with van der Waals surface area (Å²) in [5, 5.41) is 3.90. The van der Waals surface area contributed by atoms with Crippen molar-refractivity contribution in [1.82, 2.24) is 14.9 Å². The number of nitrogens with zero attached hydrogens (tertiary/aromatic N) is 2. The summed E-state index contributed by atoms with van der Waals surface area (Å²) in [5.41, 5.74) is 3.85. The van der Waals surface area contributed by atoms with Crippen molar-refractivity contribution in [1.29, 1.82) is 0 Å². The number of aromatic nitrogens is 2. The first-order valence-electron chi connectivity index (χ1n) is 11.2. The van der Waals surface area contributed by atoms with Gasteiger partial charge in [-0.25, -0.2) is 4.98 Å². The zero-order chi connectivity index (χ0) is 24.1. The van der Waals surface area contributed by atoms with Crippen LogP contribution < -0.4 is 15.6 Å². The molecule has 1 aromatic heterocycles. The number of rotatable bonds is 8. The van der Waals surface area contributed by atoms with Gasteiger partial charge < -0.3 is 10.1 Å². The summed E-state index contributed by atoms with van der Waals surface area (Å²) in [5.74, 6) is 1.20. The van der Waals surface area contributed by atoms with Gasteiger partial charge in [0.1, 0.15) is 5.75 Å². The van der Waals surface area contributed by atoms with E-state index in [9.17, 15) is 9.59 Å². The summed E-state index contributed by atoms with van der Waals surface area (Å²) < 4.78 is 6.89. The molecule has 4 rings (SSSR count). The number of nitrogens with one attached hydrogen (secondary N) is 1. The topological polar surface area (TPSA) is 73.2 Å². The van der Waals surface area contributed by atoms with Crippen molar-refractivity contribution in [3.8, 4) is 11.4 Å². The number of hydrogen-bond acceptors (Lipinski definition) is 5. The minimum atomic E-state index is -0.178. The Balaban J connectivity index is 1.81. The highest BCUT2D eigenvalue weighted by Gasteiger charge is 2.16. The quantitative estimate of drug-likeness (QED) is 0.284. The van der Waals surface area contributed by atoms with Crippen molar-refractivity contribution in [3.05, 3.63) is 93.8 Å². The smallest absolute Gasteiger partial charge is 0.266 e. The number of fused-ring (bicyclic) bond motifs is 1.